The van der Waals surface area contributed by atoms with Crippen molar-refractivity contribution < 1.29 is 57.8 Å². The van der Waals surface area contributed by atoms with Crippen LogP contribution in [0.4, 0.5) is 0 Å². The molecule has 0 radical (unpaired) electrons. The largest absolute Gasteiger partial charge is 0.480 e. The maximum atomic E-state index is 14.7. The molecule has 43 heteroatoms. The van der Waals surface area contributed by atoms with Gasteiger partial charge in [-0.25, -0.2) is 4.79 Å². The lowest BCUT2D eigenvalue weighted by Gasteiger charge is -2.28. The Hall–Kier alpha value is -10.3. The second kappa shape index (κ2) is 51.0. The number of carboxylic acids is 1. The van der Waals surface area contributed by atoms with Crippen LogP contribution in [0.1, 0.15) is 128 Å². The molecule has 43 nitrogen and oxygen atoms in total. The fourth-order valence-electron chi connectivity index (χ4n) is 9.29. The van der Waals surface area contributed by atoms with E-state index < -0.39 is 163 Å². The van der Waals surface area contributed by atoms with Crippen molar-refractivity contribution in [2.75, 3.05) is 58.9 Å². The zero-order chi connectivity index (χ0) is 74.1. The van der Waals surface area contributed by atoms with E-state index >= 15 is 0 Å². The van der Waals surface area contributed by atoms with Gasteiger partial charge in [-0.05, 0) is 135 Å². The van der Waals surface area contributed by atoms with Gasteiger partial charge in [-0.2, -0.15) is 0 Å². The normalized spacial score (nSPS) is 13.5. The molecule has 0 aromatic rings. The summed E-state index contributed by atoms with van der Waals surface area (Å²) in [6.45, 7) is 0.169. The number of aliphatic carboxylic acids is 1. The molecule has 42 N–H and O–H groups in total. The highest BCUT2D eigenvalue weighted by atomic mass is 16.4. The summed E-state index contributed by atoms with van der Waals surface area (Å²) in [5, 5.41) is 93.7. The molecule has 0 aliphatic heterocycles. The first-order chi connectivity index (χ1) is 46.3. The minimum atomic E-state index is -1.72. The first-order valence-electron chi connectivity index (χ1n) is 32.2. The van der Waals surface area contributed by atoms with Crippen molar-refractivity contribution in [2.24, 2.45) is 57.3 Å². The molecular weight excluding hydrogens is 1290 g/mol. The number of amides is 10. The zero-order valence-corrected chi connectivity index (χ0v) is 55.4. The minimum Gasteiger partial charge on any atom is -0.480 e. The molecule has 0 bridgehead atoms. The van der Waals surface area contributed by atoms with Crippen LogP contribution in [-0.2, 0) is 52.7 Å². The number of carbonyl (C=O) groups is 11. The van der Waals surface area contributed by atoms with Gasteiger partial charge in [-0.3, -0.25) is 80.4 Å². The van der Waals surface area contributed by atoms with Crippen LogP contribution in [0, 0.1) is 32.5 Å². The fourth-order valence-corrected chi connectivity index (χ4v) is 9.29. The van der Waals surface area contributed by atoms with E-state index in [0.717, 1.165) is 0 Å². The second-order valence-electron chi connectivity index (χ2n) is 22.6. The van der Waals surface area contributed by atoms with Gasteiger partial charge in [0.05, 0.1) is 6.54 Å². The van der Waals surface area contributed by atoms with Crippen molar-refractivity contribution in [2.45, 2.75) is 183 Å². The Morgan fingerprint density at radius 1 is 0.276 bits per heavy atom. The molecule has 556 valence electrons. The number of hydrogen-bond acceptors (Lipinski definition) is 20. The van der Waals surface area contributed by atoms with Crippen LogP contribution in [0.3, 0.4) is 0 Å². The highest BCUT2D eigenvalue weighted by Gasteiger charge is 2.36. The van der Waals surface area contributed by atoms with E-state index in [4.69, 9.17) is 89.8 Å². The summed E-state index contributed by atoms with van der Waals surface area (Å²) in [5.41, 5.74) is 55.3. The van der Waals surface area contributed by atoms with Crippen LogP contribution in [-0.4, -0.2) is 219 Å². The number of carboxylic acid groups (broad SMARTS) is 1. The number of primary amides is 1. The summed E-state index contributed by atoms with van der Waals surface area (Å²) >= 11 is 0. The van der Waals surface area contributed by atoms with E-state index in [-0.39, 0.29) is 161 Å². The van der Waals surface area contributed by atoms with E-state index in [2.05, 4.69) is 79.8 Å². The number of rotatable bonds is 54. The number of hydrogen-bond donors (Lipinski definition) is 32. The number of guanidine groups is 6. The van der Waals surface area contributed by atoms with Gasteiger partial charge < -0.3 is 142 Å². The first kappa shape index (κ1) is 87.7. The molecule has 0 fully saturated rings. The van der Waals surface area contributed by atoms with Crippen molar-refractivity contribution in [3.05, 3.63) is 0 Å². The Bertz CT molecular complexity index is 2640. The van der Waals surface area contributed by atoms with Gasteiger partial charge in [0, 0.05) is 45.7 Å². The van der Waals surface area contributed by atoms with Crippen molar-refractivity contribution >= 4 is 101 Å². The van der Waals surface area contributed by atoms with Gasteiger partial charge in [-0.15, -0.1) is 0 Å². The van der Waals surface area contributed by atoms with E-state index in [1.807, 2.05) is 0 Å². The lowest BCUT2D eigenvalue weighted by Crippen LogP contribution is -2.60. The van der Waals surface area contributed by atoms with Crippen LogP contribution in [0.2, 0.25) is 0 Å². The summed E-state index contributed by atoms with van der Waals surface area (Å²) in [6.07, 6.45) is -0.161. The molecule has 0 aliphatic carbocycles. The van der Waals surface area contributed by atoms with Gasteiger partial charge >= 0.3 is 5.97 Å². The third-order valence-electron chi connectivity index (χ3n) is 14.4. The first-order valence-corrected chi connectivity index (χ1v) is 32.2. The third kappa shape index (κ3) is 42.2. The number of nitrogens with two attached hydrogens (primary N) is 10. The van der Waals surface area contributed by atoms with Crippen molar-refractivity contribution in [3.8, 4) is 0 Å². The van der Waals surface area contributed by atoms with Gasteiger partial charge in [0.1, 0.15) is 54.4 Å². The fraction of sp³-hybridized carbons (Fsp3) is 0.691. The van der Waals surface area contributed by atoms with E-state index in [9.17, 15) is 57.8 Å². The molecule has 9 atom stereocenters. The quantitative estimate of drug-likeness (QED) is 0.0153. The monoisotopic (exact) mass is 1400 g/mol. The molecule has 0 aliphatic rings. The number of nitrogens with one attached hydrogen (secondary N) is 21. The van der Waals surface area contributed by atoms with Crippen LogP contribution in [0.25, 0.3) is 0 Å². The molecule has 10 amide bonds. The standard InChI is InChI=1S/C55H109N31O12/c56-21-3-1-11-31(79-41(89)30(78-40(88)29-58)13-5-23-72-50(60)61)42(90)80-32(12-2-4-22-57)43(91)81-33(14-6-24-73-51(62)63)44(92)82-35(16-8-26-75-53(66)67)46(94)85-37(19-20-39(59)87)48(96)84-34(15-7-25-74-52(64)65)45(93)83-36(17-9-27-76-54(68)69)47(95)86-38(49(97)98)18-10-28-77-55(70)71/h30-38H,1-29,56-58H2,(H2,59,87)(H,78,88)(H,79,89)(H,80,90)(H,81,91)(H,82,92)(H,83,93)(H,84,96)(H,85,94)(H,86,95)(H,97,98)(H4,60,61,72)(H4,62,63,73)(H4,64,65,74)(H4,66,67,75)(H4,68,69,76)(H4,70,71,77)/t30-,31-,32-,33-,34-,35-,36-,37-,38-/m0/s1. The van der Waals surface area contributed by atoms with E-state index in [0.29, 0.717) is 19.3 Å². The highest BCUT2D eigenvalue weighted by molar-refractivity contribution is 5.99. The minimum absolute atomic E-state index is 0.000886. The Balaban J connectivity index is 7.52. The van der Waals surface area contributed by atoms with Gasteiger partial charge in [0.25, 0.3) is 0 Å². The number of unbranched alkanes of at least 4 members (excludes halogenated alkanes) is 2. The molecular formula is C55H109N31O12. The predicted octanol–water partition coefficient (Wildman–Crippen LogP) is -10.5. The molecule has 0 aromatic carbocycles. The maximum absolute atomic E-state index is 14.7. The molecule has 0 aromatic heterocycles. The van der Waals surface area contributed by atoms with Crippen LogP contribution in [0.15, 0.2) is 0 Å². The van der Waals surface area contributed by atoms with Crippen molar-refractivity contribution in [1.29, 1.82) is 32.5 Å². The Kier molecular flexibility index (Phi) is 45.6. The lowest BCUT2D eigenvalue weighted by molar-refractivity contribution is -0.142. The smallest absolute Gasteiger partial charge is 0.326 e. The third-order valence-corrected chi connectivity index (χ3v) is 14.4. The zero-order valence-electron chi connectivity index (χ0n) is 55.4. The van der Waals surface area contributed by atoms with Gasteiger partial charge in [-0.1, -0.05) is 0 Å². The average Bonchev–Trinajstić information content (AvgIpc) is 0.887. The average molecular weight is 1400 g/mol. The lowest BCUT2D eigenvalue weighted by atomic mass is 10.0. The Morgan fingerprint density at radius 3 is 0.663 bits per heavy atom. The summed E-state index contributed by atoms with van der Waals surface area (Å²) in [6, 6.07) is -13.3. The van der Waals surface area contributed by atoms with Crippen LogP contribution >= 0.6 is 0 Å². The Morgan fingerprint density at radius 2 is 0.469 bits per heavy atom. The molecule has 0 heterocycles. The summed E-state index contributed by atoms with van der Waals surface area (Å²) < 4.78 is 0. The molecule has 0 saturated heterocycles. The molecule has 0 saturated carbocycles. The maximum Gasteiger partial charge on any atom is 0.326 e. The summed E-state index contributed by atoms with van der Waals surface area (Å²) in [7, 11) is 0. The summed E-state index contributed by atoms with van der Waals surface area (Å²) in [4.78, 5) is 152. The van der Waals surface area contributed by atoms with Crippen LogP contribution < -0.4 is 137 Å². The summed E-state index contributed by atoms with van der Waals surface area (Å²) in [5.74, 6) is -13.1. The van der Waals surface area contributed by atoms with Crippen molar-refractivity contribution in [1.82, 2.24) is 79.8 Å². The van der Waals surface area contributed by atoms with Crippen LogP contribution in [0.5, 0.6) is 0 Å². The predicted molar refractivity (Wildman–Crippen MR) is 363 cm³/mol. The molecule has 0 unspecified atom stereocenters. The van der Waals surface area contributed by atoms with E-state index in [1.54, 1.807) is 0 Å². The topological polar surface area (TPSA) is 792 Å². The molecule has 98 heavy (non-hydrogen) atoms. The molecule has 0 rings (SSSR count). The van der Waals surface area contributed by atoms with E-state index in [1.165, 1.54) is 0 Å². The molecule has 0 spiro atoms. The van der Waals surface area contributed by atoms with Gasteiger partial charge in [0.2, 0.25) is 59.1 Å². The van der Waals surface area contributed by atoms with Gasteiger partial charge in [0.15, 0.2) is 35.8 Å². The number of carbonyl (C=O) groups excluding carboxylic acids is 10. The van der Waals surface area contributed by atoms with Crippen molar-refractivity contribution in [3.63, 3.8) is 0 Å². The second-order valence-corrected chi connectivity index (χ2v) is 22.6. The highest BCUT2D eigenvalue weighted by Crippen LogP contribution is 2.12. The SMILES string of the molecule is N=C(N)NCCC[C@H](NC(=O)[C@H](CCCNC(=N)N)NC(=O)[C@H](CCCNC(=N)N)NC(=O)[C@H](CCC(N)=O)NC(=O)[C@H](CCCNC(=N)N)NC(=O)[C@H](CCCNC(=N)N)NC(=O)[C@H](CCCCN)NC(=O)[C@H](CCCCN)NC(=O)[C@H](CCCNC(=N)N)NC(=O)CN)C(=O)O. The Labute approximate surface area is 568 Å².